The molecule has 1 N–H and O–H groups in total. The van der Waals surface area contributed by atoms with Gasteiger partial charge in [-0.05, 0) is 44.9 Å². The quantitative estimate of drug-likeness (QED) is 0.432. The molecule has 8 nitrogen and oxygen atoms in total. The second kappa shape index (κ2) is 8.96. The lowest BCUT2D eigenvalue weighted by atomic mass is 10.1. The number of ether oxygens (including phenoxy) is 1. The van der Waals surface area contributed by atoms with Crippen molar-refractivity contribution in [2.24, 2.45) is 0 Å². The van der Waals surface area contributed by atoms with Gasteiger partial charge in [-0.1, -0.05) is 11.8 Å². The maximum atomic E-state index is 13.0. The van der Waals surface area contributed by atoms with Crippen molar-refractivity contribution in [3.8, 4) is 0 Å². The van der Waals surface area contributed by atoms with Gasteiger partial charge in [0.15, 0.2) is 5.16 Å². The summed E-state index contributed by atoms with van der Waals surface area (Å²) in [6.07, 6.45) is 1.24. The summed E-state index contributed by atoms with van der Waals surface area (Å²) in [5.41, 5.74) is 0.316. The second-order valence-corrected chi connectivity index (χ2v) is 8.48. The number of carbonyl (C=O) groups excluding carboxylic acids is 2. The number of hydrogen-bond acceptors (Lipinski definition) is 7. The zero-order chi connectivity index (χ0) is 21.1. The summed E-state index contributed by atoms with van der Waals surface area (Å²) < 4.78 is 6.13. The number of aliphatic hydroxyl groups excluding tert-OH is 1. The molecule has 1 aromatic carbocycles. The normalized spacial score (nSPS) is 16.1. The van der Waals surface area contributed by atoms with E-state index < -0.39 is 17.3 Å². The summed E-state index contributed by atoms with van der Waals surface area (Å²) in [7, 11) is 1.29. The van der Waals surface area contributed by atoms with E-state index in [1.165, 1.54) is 41.6 Å². The Bertz CT molecular complexity index is 982. The SMILES string of the molecule is COC(=O)c1ccc2c(=O)n(C[C@H](C)O)c(S[C@H](C)C(=O)N3CCCC3)nc2c1. The van der Waals surface area contributed by atoms with E-state index in [9.17, 15) is 19.5 Å². The smallest absolute Gasteiger partial charge is 0.337 e. The van der Waals surface area contributed by atoms with Gasteiger partial charge in [0.1, 0.15) is 0 Å². The van der Waals surface area contributed by atoms with Crippen LogP contribution in [0.15, 0.2) is 28.2 Å². The van der Waals surface area contributed by atoms with Gasteiger partial charge in [-0.3, -0.25) is 14.2 Å². The van der Waals surface area contributed by atoms with E-state index in [2.05, 4.69) is 4.98 Å². The lowest BCUT2D eigenvalue weighted by Crippen LogP contribution is -2.35. The number of carbonyl (C=O) groups is 2. The van der Waals surface area contributed by atoms with Crippen LogP contribution in [0.4, 0.5) is 0 Å². The highest BCUT2D eigenvalue weighted by Gasteiger charge is 2.26. The summed E-state index contributed by atoms with van der Waals surface area (Å²) in [6.45, 7) is 4.94. The Kier molecular flexibility index (Phi) is 6.59. The molecule has 1 aromatic heterocycles. The number of aromatic nitrogens is 2. The van der Waals surface area contributed by atoms with Crippen molar-refractivity contribution in [3.63, 3.8) is 0 Å². The van der Waals surface area contributed by atoms with Gasteiger partial charge in [-0.25, -0.2) is 9.78 Å². The fourth-order valence-electron chi connectivity index (χ4n) is 3.36. The molecule has 0 spiro atoms. The summed E-state index contributed by atoms with van der Waals surface area (Å²) in [6, 6.07) is 4.55. The van der Waals surface area contributed by atoms with Crippen molar-refractivity contribution in [3.05, 3.63) is 34.1 Å². The molecule has 3 rings (SSSR count). The zero-order valence-corrected chi connectivity index (χ0v) is 17.6. The number of nitrogens with zero attached hydrogens (tertiary/aromatic N) is 3. The number of amides is 1. The molecule has 0 radical (unpaired) electrons. The Balaban J connectivity index is 2.03. The Labute approximate surface area is 172 Å². The number of methoxy groups -OCH3 is 1. The van der Waals surface area contributed by atoms with E-state index in [0.717, 1.165) is 25.9 Å². The monoisotopic (exact) mass is 419 g/mol. The molecule has 1 fully saturated rings. The van der Waals surface area contributed by atoms with Crippen molar-refractivity contribution >= 4 is 34.5 Å². The van der Waals surface area contributed by atoms with Crippen LogP contribution in [0.25, 0.3) is 10.9 Å². The van der Waals surface area contributed by atoms with Crippen LogP contribution < -0.4 is 5.56 Å². The molecule has 2 aromatic rings. The van der Waals surface area contributed by atoms with E-state index >= 15 is 0 Å². The van der Waals surface area contributed by atoms with Crippen molar-refractivity contribution in [1.82, 2.24) is 14.5 Å². The third-order valence-electron chi connectivity index (χ3n) is 4.84. The summed E-state index contributed by atoms with van der Waals surface area (Å²) in [5, 5.41) is 10.1. The Morgan fingerprint density at radius 3 is 2.59 bits per heavy atom. The largest absolute Gasteiger partial charge is 0.465 e. The molecule has 0 bridgehead atoms. The van der Waals surface area contributed by atoms with Crippen LogP contribution in [0, 0.1) is 0 Å². The van der Waals surface area contributed by atoms with Crippen LogP contribution in [0.3, 0.4) is 0 Å². The topological polar surface area (TPSA) is 102 Å². The number of rotatable bonds is 6. The highest BCUT2D eigenvalue weighted by Crippen LogP contribution is 2.25. The number of fused-ring (bicyclic) bond motifs is 1. The van der Waals surface area contributed by atoms with Gasteiger partial charge >= 0.3 is 5.97 Å². The van der Waals surface area contributed by atoms with Gasteiger partial charge in [-0.2, -0.15) is 0 Å². The number of hydrogen-bond donors (Lipinski definition) is 1. The first kappa shape index (κ1) is 21.3. The van der Waals surface area contributed by atoms with Crippen LogP contribution in [-0.4, -0.2) is 63.0 Å². The number of aliphatic hydroxyl groups is 1. The van der Waals surface area contributed by atoms with E-state index in [4.69, 9.17) is 4.74 Å². The lowest BCUT2D eigenvalue weighted by molar-refractivity contribution is -0.129. The van der Waals surface area contributed by atoms with E-state index in [0.29, 0.717) is 16.1 Å². The Hall–Kier alpha value is -2.39. The first-order valence-corrected chi connectivity index (χ1v) is 10.5. The predicted octanol–water partition coefficient (Wildman–Crippen LogP) is 1.67. The molecule has 0 unspecified atom stereocenters. The first-order valence-electron chi connectivity index (χ1n) is 9.58. The van der Waals surface area contributed by atoms with Gasteiger partial charge < -0.3 is 14.7 Å². The molecule has 1 saturated heterocycles. The summed E-state index contributed by atoms with van der Waals surface area (Å²) in [4.78, 5) is 43.9. The fourth-order valence-corrected chi connectivity index (χ4v) is 4.37. The predicted molar refractivity (Wildman–Crippen MR) is 110 cm³/mol. The molecular formula is C20H25N3O5S. The number of thioether (sulfide) groups is 1. The molecule has 1 amide bonds. The molecule has 1 aliphatic heterocycles. The minimum absolute atomic E-state index is 0.00811. The Morgan fingerprint density at radius 1 is 1.28 bits per heavy atom. The molecule has 2 heterocycles. The number of esters is 1. The molecule has 9 heteroatoms. The van der Waals surface area contributed by atoms with Gasteiger partial charge in [0, 0.05) is 13.1 Å². The molecule has 1 aliphatic rings. The lowest BCUT2D eigenvalue weighted by Gasteiger charge is -2.21. The maximum absolute atomic E-state index is 13.0. The first-order chi connectivity index (χ1) is 13.8. The average Bonchev–Trinajstić information content (AvgIpc) is 3.23. The van der Waals surface area contributed by atoms with Crippen molar-refractivity contribution in [2.45, 2.75) is 49.7 Å². The summed E-state index contributed by atoms with van der Waals surface area (Å²) >= 11 is 1.19. The standard InChI is InChI=1S/C20H25N3O5S/c1-12(24)11-23-18(26)15-7-6-14(19(27)28-3)10-16(15)21-20(23)29-13(2)17(25)22-8-4-5-9-22/h6-7,10,12-13,24H,4-5,8-9,11H2,1-3H3/t12-,13+/m0/s1. The maximum Gasteiger partial charge on any atom is 0.337 e. The highest BCUT2D eigenvalue weighted by molar-refractivity contribution is 8.00. The third kappa shape index (κ3) is 4.62. The summed E-state index contributed by atoms with van der Waals surface area (Å²) in [5.74, 6) is -0.512. The minimum atomic E-state index is -0.759. The third-order valence-corrected chi connectivity index (χ3v) is 5.91. The fraction of sp³-hybridized carbons (Fsp3) is 0.500. The van der Waals surface area contributed by atoms with Gasteiger partial charge in [0.25, 0.3) is 5.56 Å². The average molecular weight is 420 g/mol. The molecule has 156 valence electrons. The number of benzene rings is 1. The number of likely N-dealkylation sites (tertiary alicyclic amines) is 1. The second-order valence-electron chi connectivity index (χ2n) is 7.18. The van der Waals surface area contributed by atoms with Crippen LogP contribution in [0.2, 0.25) is 0 Å². The molecule has 2 atom stereocenters. The zero-order valence-electron chi connectivity index (χ0n) is 16.8. The van der Waals surface area contributed by atoms with Crippen molar-refractivity contribution < 1.29 is 19.4 Å². The van der Waals surface area contributed by atoms with E-state index in [-0.39, 0.29) is 23.6 Å². The molecule has 0 aliphatic carbocycles. The van der Waals surface area contributed by atoms with Gasteiger partial charge in [-0.15, -0.1) is 0 Å². The van der Waals surface area contributed by atoms with E-state index in [1.54, 1.807) is 13.8 Å². The van der Waals surface area contributed by atoms with Crippen LogP contribution in [0.1, 0.15) is 37.0 Å². The Morgan fingerprint density at radius 2 is 1.97 bits per heavy atom. The molecular weight excluding hydrogens is 394 g/mol. The van der Waals surface area contributed by atoms with Crippen LogP contribution >= 0.6 is 11.8 Å². The molecule has 0 saturated carbocycles. The van der Waals surface area contributed by atoms with E-state index in [1.807, 2.05) is 4.90 Å². The van der Waals surface area contributed by atoms with Crippen molar-refractivity contribution in [1.29, 1.82) is 0 Å². The van der Waals surface area contributed by atoms with Crippen LogP contribution in [0.5, 0.6) is 0 Å². The molecule has 29 heavy (non-hydrogen) atoms. The minimum Gasteiger partial charge on any atom is -0.465 e. The van der Waals surface area contributed by atoms with Gasteiger partial charge in [0.05, 0.1) is 41.5 Å². The van der Waals surface area contributed by atoms with Gasteiger partial charge in [0.2, 0.25) is 5.91 Å². The van der Waals surface area contributed by atoms with Crippen LogP contribution in [-0.2, 0) is 16.1 Å². The highest BCUT2D eigenvalue weighted by atomic mass is 32.2. The van der Waals surface area contributed by atoms with Crippen molar-refractivity contribution in [2.75, 3.05) is 20.2 Å².